The summed E-state index contributed by atoms with van der Waals surface area (Å²) in [4.78, 5) is 11.0. The number of nitrogens with two attached hydrogens (primary N) is 1. The Labute approximate surface area is 84.5 Å². The van der Waals surface area contributed by atoms with Gasteiger partial charge in [-0.15, -0.1) is 0 Å². The summed E-state index contributed by atoms with van der Waals surface area (Å²) >= 11 is 0. The van der Waals surface area contributed by atoms with Gasteiger partial charge >= 0.3 is 0 Å². The molecule has 4 heteroatoms. The van der Waals surface area contributed by atoms with Gasteiger partial charge in [0.25, 0.3) is 0 Å². The number of carbonyl (C=O) groups excluding carboxylic acids is 1. The molecular weight excluding hydrogens is 180 g/mol. The van der Waals surface area contributed by atoms with Gasteiger partial charge in [0, 0.05) is 18.7 Å². The van der Waals surface area contributed by atoms with Gasteiger partial charge in [-0.3, -0.25) is 4.79 Å². The van der Waals surface area contributed by atoms with Crippen molar-refractivity contribution in [2.75, 3.05) is 19.7 Å². The number of nitrogens with one attached hydrogen (secondary N) is 1. The van der Waals surface area contributed by atoms with E-state index in [0.717, 1.165) is 25.9 Å². The zero-order valence-electron chi connectivity index (χ0n) is 8.58. The Morgan fingerprint density at radius 3 is 3.00 bits per heavy atom. The summed E-state index contributed by atoms with van der Waals surface area (Å²) in [6, 6.07) is 0. The minimum Gasteiger partial charge on any atom is -0.371 e. The number of hydrogen-bond acceptors (Lipinski definition) is 3. The van der Waals surface area contributed by atoms with Gasteiger partial charge in [-0.05, 0) is 12.5 Å². The molecule has 1 amide bonds. The monoisotopic (exact) mass is 198 g/mol. The summed E-state index contributed by atoms with van der Waals surface area (Å²) < 4.78 is 5.46. The van der Waals surface area contributed by atoms with E-state index in [9.17, 15) is 4.79 Å². The van der Waals surface area contributed by atoms with Crippen LogP contribution in [0.3, 0.4) is 0 Å². The molecule has 1 unspecified atom stereocenters. The molecule has 0 aliphatic carbocycles. The number of rotatable bonds is 4. The Morgan fingerprint density at radius 1 is 1.71 bits per heavy atom. The SMILES string of the molecule is CCCC(=CC1CNCCO1)C(N)=O. The molecule has 1 aliphatic rings. The second-order valence-corrected chi connectivity index (χ2v) is 3.42. The number of hydrogen-bond donors (Lipinski definition) is 2. The highest BCUT2D eigenvalue weighted by molar-refractivity contribution is 5.91. The topological polar surface area (TPSA) is 64.3 Å². The van der Waals surface area contributed by atoms with Crippen molar-refractivity contribution in [2.45, 2.75) is 25.9 Å². The van der Waals surface area contributed by atoms with Crippen LogP contribution in [0.2, 0.25) is 0 Å². The maximum Gasteiger partial charge on any atom is 0.244 e. The summed E-state index contributed by atoms with van der Waals surface area (Å²) in [6.45, 7) is 4.36. The lowest BCUT2D eigenvalue weighted by atomic mass is 10.1. The highest BCUT2D eigenvalue weighted by Crippen LogP contribution is 2.08. The molecule has 1 rings (SSSR count). The first-order valence-corrected chi connectivity index (χ1v) is 5.07. The number of ether oxygens (including phenoxy) is 1. The van der Waals surface area contributed by atoms with Crippen molar-refractivity contribution in [3.8, 4) is 0 Å². The van der Waals surface area contributed by atoms with Crippen molar-refractivity contribution < 1.29 is 9.53 Å². The third kappa shape index (κ3) is 3.47. The molecule has 0 aromatic rings. The fourth-order valence-electron chi connectivity index (χ4n) is 1.48. The molecule has 0 saturated carbocycles. The fraction of sp³-hybridized carbons (Fsp3) is 0.700. The summed E-state index contributed by atoms with van der Waals surface area (Å²) in [5.41, 5.74) is 5.94. The Kier molecular flexibility index (Phi) is 4.62. The smallest absolute Gasteiger partial charge is 0.244 e. The molecule has 4 nitrogen and oxygen atoms in total. The summed E-state index contributed by atoms with van der Waals surface area (Å²) in [5, 5.41) is 3.20. The molecule has 1 heterocycles. The first-order valence-electron chi connectivity index (χ1n) is 5.07. The van der Waals surface area contributed by atoms with Crippen LogP contribution >= 0.6 is 0 Å². The molecule has 0 aromatic carbocycles. The highest BCUT2D eigenvalue weighted by atomic mass is 16.5. The van der Waals surface area contributed by atoms with Gasteiger partial charge in [-0.2, -0.15) is 0 Å². The van der Waals surface area contributed by atoms with Crippen LogP contribution in [0.25, 0.3) is 0 Å². The number of amides is 1. The van der Waals surface area contributed by atoms with Crippen molar-refractivity contribution in [1.82, 2.24) is 5.32 Å². The maximum atomic E-state index is 11.0. The zero-order valence-corrected chi connectivity index (χ0v) is 8.58. The molecule has 0 radical (unpaired) electrons. The van der Waals surface area contributed by atoms with Crippen LogP contribution in [0.5, 0.6) is 0 Å². The lowest BCUT2D eigenvalue weighted by Crippen LogP contribution is -2.37. The Balaban J connectivity index is 2.55. The first kappa shape index (κ1) is 11.2. The van der Waals surface area contributed by atoms with Crippen LogP contribution in [0.4, 0.5) is 0 Å². The van der Waals surface area contributed by atoms with Crippen molar-refractivity contribution in [3.63, 3.8) is 0 Å². The average molecular weight is 198 g/mol. The van der Waals surface area contributed by atoms with Gasteiger partial charge < -0.3 is 15.8 Å². The summed E-state index contributed by atoms with van der Waals surface area (Å²) in [5.74, 6) is -0.332. The van der Waals surface area contributed by atoms with Gasteiger partial charge in [0.15, 0.2) is 0 Å². The highest BCUT2D eigenvalue weighted by Gasteiger charge is 2.13. The van der Waals surface area contributed by atoms with Crippen LogP contribution in [0, 0.1) is 0 Å². The minimum absolute atomic E-state index is 0.00204. The Bertz CT molecular complexity index is 220. The van der Waals surface area contributed by atoms with E-state index in [-0.39, 0.29) is 12.0 Å². The van der Waals surface area contributed by atoms with E-state index in [1.54, 1.807) is 0 Å². The van der Waals surface area contributed by atoms with E-state index < -0.39 is 0 Å². The molecular formula is C10H18N2O2. The van der Waals surface area contributed by atoms with E-state index in [2.05, 4.69) is 5.32 Å². The first-order chi connectivity index (χ1) is 6.74. The molecule has 0 aromatic heterocycles. The molecule has 0 spiro atoms. The van der Waals surface area contributed by atoms with Crippen molar-refractivity contribution >= 4 is 5.91 Å². The molecule has 1 fully saturated rings. The van der Waals surface area contributed by atoms with E-state index in [1.165, 1.54) is 0 Å². The van der Waals surface area contributed by atoms with Gasteiger partial charge in [0.2, 0.25) is 5.91 Å². The molecule has 3 N–H and O–H groups in total. The zero-order chi connectivity index (χ0) is 10.4. The molecule has 1 aliphatic heterocycles. The maximum absolute atomic E-state index is 11.0. The van der Waals surface area contributed by atoms with Crippen LogP contribution < -0.4 is 11.1 Å². The lowest BCUT2D eigenvalue weighted by molar-refractivity contribution is -0.114. The fourth-order valence-corrected chi connectivity index (χ4v) is 1.48. The largest absolute Gasteiger partial charge is 0.371 e. The van der Waals surface area contributed by atoms with Crippen molar-refractivity contribution in [1.29, 1.82) is 0 Å². The molecule has 1 saturated heterocycles. The minimum atomic E-state index is -0.332. The van der Waals surface area contributed by atoms with E-state index >= 15 is 0 Å². The van der Waals surface area contributed by atoms with Gasteiger partial charge in [-0.1, -0.05) is 13.3 Å². The number of morpholine rings is 1. The van der Waals surface area contributed by atoms with Crippen molar-refractivity contribution in [3.05, 3.63) is 11.6 Å². The van der Waals surface area contributed by atoms with Crippen LogP contribution in [-0.4, -0.2) is 31.7 Å². The van der Waals surface area contributed by atoms with Crippen molar-refractivity contribution in [2.24, 2.45) is 5.73 Å². The van der Waals surface area contributed by atoms with Crippen LogP contribution in [0.1, 0.15) is 19.8 Å². The van der Waals surface area contributed by atoms with Crippen LogP contribution in [0.15, 0.2) is 11.6 Å². The number of carbonyl (C=O) groups is 1. The standard InChI is InChI=1S/C10H18N2O2/c1-2-3-8(10(11)13)6-9-7-12-4-5-14-9/h6,9,12H,2-5,7H2,1H3,(H2,11,13). The van der Waals surface area contributed by atoms with Gasteiger partial charge in [-0.25, -0.2) is 0 Å². The second kappa shape index (κ2) is 5.78. The average Bonchev–Trinajstić information content (AvgIpc) is 2.18. The Hall–Kier alpha value is -0.870. The van der Waals surface area contributed by atoms with Crippen LogP contribution in [-0.2, 0) is 9.53 Å². The molecule has 80 valence electrons. The summed E-state index contributed by atoms with van der Waals surface area (Å²) in [7, 11) is 0. The van der Waals surface area contributed by atoms with E-state index in [4.69, 9.17) is 10.5 Å². The van der Waals surface area contributed by atoms with E-state index in [0.29, 0.717) is 12.2 Å². The third-order valence-corrected chi connectivity index (χ3v) is 2.18. The normalized spacial score (nSPS) is 23.5. The van der Waals surface area contributed by atoms with Gasteiger partial charge in [0.05, 0.1) is 12.7 Å². The predicted molar refractivity (Wildman–Crippen MR) is 54.8 cm³/mol. The molecule has 0 bridgehead atoms. The quantitative estimate of drug-likeness (QED) is 0.634. The predicted octanol–water partition coefficient (Wildman–Crippen LogP) is 0.187. The molecule has 1 atom stereocenters. The van der Waals surface area contributed by atoms with E-state index in [1.807, 2.05) is 13.0 Å². The number of primary amides is 1. The third-order valence-electron chi connectivity index (χ3n) is 2.18. The summed E-state index contributed by atoms with van der Waals surface area (Å²) in [6.07, 6.45) is 3.50. The second-order valence-electron chi connectivity index (χ2n) is 3.42. The lowest BCUT2D eigenvalue weighted by Gasteiger charge is -2.21. The Morgan fingerprint density at radius 2 is 2.50 bits per heavy atom. The molecule has 14 heavy (non-hydrogen) atoms. The van der Waals surface area contributed by atoms with Gasteiger partial charge in [0.1, 0.15) is 0 Å².